The van der Waals surface area contributed by atoms with Gasteiger partial charge in [-0.25, -0.2) is 8.42 Å². The highest BCUT2D eigenvalue weighted by atomic mass is 32.2. The minimum Gasteiger partial charge on any atom is -0.372 e. The van der Waals surface area contributed by atoms with E-state index >= 15 is 0 Å². The van der Waals surface area contributed by atoms with E-state index in [0.717, 1.165) is 29.2 Å². The number of benzene rings is 2. The van der Waals surface area contributed by atoms with E-state index in [1.165, 1.54) is 35.6 Å². The molecule has 1 aliphatic rings. The van der Waals surface area contributed by atoms with Gasteiger partial charge in [0.25, 0.3) is 5.91 Å². The number of sulfonamides is 1. The fraction of sp³-hybridized carbons (Fsp3) is 0.391. The van der Waals surface area contributed by atoms with Crippen LogP contribution in [0, 0.1) is 0 Å². The van der Waals surface area contributed by atoms with E-state index < -0.39 is 15.9 Å². The van der Waals surface area contributed by atoms with Crippen LogP contribution in [0.15, 0.2) is 48.5 Å². The molecule has 32 heavy (non-hydrogen) atoms. The van der Waals surface area contributed by atoms with Crippen LogP contribution >= 0.6 is 0 Å². The van der Waals surface area contributed by atoms with Gasteiger partial charge in [-0.3, -0.25) is 13.9 Å². The number of rotatable bonds is 8. The fourth-order valence-electron chi connectivity index (χ4n) is 3.62. The summed E-state index contributed by atoms with van der Waals surface area (Å²) in [5.41, 5.74) is 2.89. The van der Waals surface area contributed by atoms with Crippen molar-refractivity contribution in [2.75, 3.05) is 49.2 Å². The zero-order chi connectivity index (χ0) is 23.3. The first-order valence-electron chi connectivity index (χ1n) is 10.5. The van der Waals surface area contributed by atoms with Gasteiger partial charge in [0.1, 0.15) is 6.54 Å². The third kappa shape index (κ3) is 6.00. The second-order valence-corrected chi connectivity index (χ2v) is 10.1. The minimum atomic E-state index is -3.69. The van der Waals surface area contributed by atoms with E-state index in [-0.39, 0.29) is 12.5 Å². The summed E-state index contributed by atoms with van der Waals surface area (Å²) in [7, 11) is -0.404. The van der Waals surface area contributed by atoms with Gasteiger partial charge in [0, 0.05) is 45.0 Å². The third-order valence-electron chi connectivity index (χ3n) is 5.39. The quantitative estimate of drug-likeness (QED) is 0.654. The fourth-order valence-corrected chi connectivity index (χ4v) is 4.47. The molecule has 1 fully saturated rings. The average Bonchev–Trinajstić information content (AvgIpc) is 3.30. The maximum Gasteiger partial charge on any atom is 0.253 e. The lowest BCUT2D eigenvalue weighted by Crippen LogP contribution is -2.40. The van der Waals surface area contributed by atoms with Crippen molar-refractivity contribution in [2.45, 2.75) is 19.4 Å². The Labute approximate surface area is 189 Å². The van der Waals surface area contributed by atoms with Gasteiger partial charge in [-0.15, -0.1) is 0 Å². The van der Waals surface area contributed by atoms with Gasteiger partial charge in [-0.1, -0.05) is 12.1 Å². The maximum absolute atomic E-state index is 12.5. The molecule has 172 valence electrons. The topological polar surface area (TPSA) is 90.0 Å². The molecule has 2 amide bonds. The highest BCUT2D eigenvalue weighted by molar-refractivity contribution is 7.92. The number of hydrogen-bond donors (Lipinski definition) is 1. The zero-order valence-electron chi connectivity index (χ0n) is 18.7. The Morgan fingerprint density at radius 1 is 0.969 bits per heavy atom. The second-order valence-electron chi connectivity index (χ2n) is 8.15. The van der Waals surface area contributed by atoms with Gasteiger partial charge in [-0.05, 0) is 54.8 Å². The molecular weight excluding hydrogens is 428 g/mol. The molecule has 9 heteroatoms. The first-order valence-corrected chi connectivity index (χ1v) is 12.4. The van der Waals surface area contributed by atoms with Crippen LogP contribution in [0.2, 0.25) is 0 Å². The van der Waals surface area contributed by atoms with Crippen molar-refractivity contribution in [1.29, 1.82) is 0 Å². The predicted molar refractivity (Wildman–Crippen MR) is 126 cm³/mol. The summed E-state index contributed by atoms with van der Waals surface area (Å²) in [5.74, 6) is -0.594. The number of amides is 2. The molecule has 0 saturated carbocycles. The molecular formula is C23H30N4O4S. The number of nitrogens with zero attached hydrogens (tertiary/aromatic N) is 3. The molecule has 1 aliphatic heterocycles. The van der Waals surface area contributed by atoms with E-state index in [1.54, 1.807) is 26.2 Å². The highest BCUT2D eigenvalue weighted by Gasteiger charge is 2.21. The van der Waals surface area contributed by atoms with Gasteiger partial charge in [0.2, 0.25) is 15.9 Å². The van der Waals surface area contributed by atoms with Crippen molar-refractivity contribution >= 4 is 33.2 Å². The molecule has 8 nitrogen and oxygen atoms in total. The van der Waals surface area contributed by atoms with Gasteiger partial charge in [0.15, 0.2) is 0 Å². The van der Waals surface area contributed by atoms with E-state index in [9.17, 15) is 18.0 Å². The number of anilines is 2. The van der Waals surface area contributed by atoms with Gasteiger partial charge in [-0.2, -0.15) is 0 Å². The van der Waals surface area contributed by atoms with E-state index in [1.807, 2.05) is 24.3 Å². The van der Waals surface area contributed by atoms with Crippen molar-refractivity contribution in [1.82, 2.24) is 10.2 Å². The van der Waals surface area contributed by atoms with Gasteiger partial charge >= 0.3 is 0 Å². The van der Waals surface area contributed by atoms with Crippen molar-refractivity contribution in [3.8, 4) is 0 Å². The largest absolute Gasteiger partial charge is 0.372 e. The average molecular weight is 459 g/mol. The summed E-state index contributed by atoms with van der Waals surface area (Å²) in [5, 5.41) is 2.79. The summed E-state index contributed by atoms with van der Waals surface area (Å²) >= 11 is 0. The summed E-state index contributed by atoms with van der Waals surface area (Å²) < 4.78 is 25.6. The molecule has 1 heterocycles. The molecule has 1 N–H and O–H groups in total. The number of carbonyl (C=O) groups is 2. The molecule has 0 unspecified atom stereocenters. The SMILES string of the molecule is CN(C)C(=O)c1ccc(N(CC(=O)NCc2ccc(N3CCCC3)cc2)S(C)(=O)=O)cc1. The van der Waals surface area contributed by atoms with Crippen LogP contribution in [-0.4, -0.2) is 65.1 Å². The predicted octanol–water partition coefficient (Wildman–Crippen LogP) is 2.07. The summed E-state index contributed by atoms with van der Waals surface area (Å²) in [4.78, 5) is 28.3. The molecule has 3 rings (SSSR count). The Bertz CT molecular complexity index is 1040. The Kier molecular flexibility index (Phi) is 7.40. The summed E-state index contributed by atoms with van der Waals surface area (Å²) in [6, 6.07) is 14.2. The van der Waals surface area contributed by atoms with Crippen LogP contribution in [0.1, 0.15) is 28.8 Å². The summed E-state index contributed by atoms with van der Waals surface area (Å²) in [6.07, 6.45) is 3.48. The standard InChI is InChI=1S/C23H30N4O4S/c1-25(2)23(29)19-8-12-21(13-9-19)27(32(3,30)31)17-22(28)24-16-18-6-10-20(11-7-18)26-14-4-5-15-26/h6-13H,4-5,14-17H2,1-3H3,(H,24,28). The summed E-state index contributed by atoms with van der Waals surface area (Å²) in [6.45, 7) is 2.11. The van der Waals surface area contributed by atoms with Crippen LogP contribution in [0.4, 0.5) is 11.4 Å². The minimum absolute atomic E-state index is 0.184. The number of hydrogen-bond acceptors (Lipinski definition) is 5. The van der Waals surface area contributed by atoms with Crippen molar-refractivity contribution < 1.29 is 18.0 Å². The third-order valence-corrected chi connectivity index (χ3v) is 6.53. The van der Waals surface area contributed by atoms with E-state index in [2.05, 4.69) is 10.2 Å². The molecule has 2 aromatic rings. The van der Waals surface area contributed by atoms with Crippen molar-refractivity contribution in [2.24, 2.45) is 0 Å². The monoisotopic (exact) mass is 458 g/mol. The van der Waals surface area contributed by atoms with Gasteiger partial charge in [0.05, 0.1) is 11.9 Å². The van der Waals surface area contributed by atoms with E-state index in [0.29, 0.717) is 17.8 Å². The Morgan fingerprint density at radius 3 is 2.09 bits per heavy atom. The van der Waals surface area contributed by atoms with Crippen LogP contribution in [0.25, 0.3) is 0 Å². The number of carbonyl (C=O) groups excluding carboxylic acids is 2. The van der Waals surface area contributed by atoms with Crippen LogP contribution in [0.3, 0.4) is 0 Å². The van der Waals surface area contributed by atoms with E-state index in [4.69, 9.17) is 0 Å². The van der Waals surface area contributed by atoms with Crippen LogP contribution in [-0.2, 0) is 21.4 Å². The van der Waals surface area contributed by atoms with Crippen molar-refractivity contribution in [3.05, 3.63) is 59.7 Å². The molecule has 1 saturated heterocycles. The Morgan fingerprint density at radius 2 is 1.56 bits per heavy atom. The maximum atomic E-state index is 12.5. The highest BCUT2D eigenvalue weighted by Crippen LogP contribution is 2.21. The first-order chi connectivity index (χ1) is 15.1. The molecule has 0 aromatic heterocycles. The molecule has 0 aliphatic carbocycles. The number of nitrogens with one attached hydrogen (secondary N) is 1. The van der Waals surface area contributed by atoms with Gasteiger partial charge < -0.3 is 15.1 Å². The molecule has 0 radical (unpaired) electrons. The second kappa shape index (κ2) is 10.0. The molecule has 0 atom stereocenters. The lowest BCUT2D eigenvalue weighted by Gasteiger charge is -2.22. The van der Waals surface area contributed by atoms with Crippen molar-refractivity contribution in [3.63, 3.8) is 0 Å². The molecule has 0 spiro atoms. The van der Waals surface area contributed by atoms with Crippen LogP contribution < -0.4 is 14.5 Å². The first kappa shape index (κ1) is 23.6. The normalized spacial score (nSPS) is 13.7. The van der Waals surface area contributed by atoms with Crippen LogP contribution in [0.5, 0.6) is 0 Å². The lowest BCUT2D eigenvalue weighted by atomic mass is 10.2. The molecule has 0 bridgehead atoms. The smallest absolute Gasteiger partial charge is 0.253 e. The lowest BCUT2D eigenvalue weighted by molar-refractivity contribution is -0.119. The zero-order valence-corrected chi connectivity index (χ0v) is 19.6. The Hall–Kier alpha value is -3.07. The molecule has 2 aromatic carbocycles. The Balaban J connectivity index is 1.62.